The van der Waals surface area contributed by atoms with E-state index >= 15 is 0 Å². The summed E-state index contributed by atoms with van der Waals surface area (Å²) in [5.41, 5.74) is 2.05. The number of anilines is 1. The SMILES string of the molecule is O=C(CSc1nccc(=O)[nH]1)Nc1ccc2oc3ccccc3c2c1. The Balaban J connectivity index is 1.51. The summed E-state index contributed by atoms with van der Waals surface area (Å²) in [6.45, 7) is 0. The molecule has 25 heavy (non-hydrogen) atoms. The number of fused-ring (bicyclic) bond motifs is 3. The van der Waals surface area contributed by atoms with E-state index in [4.69, 9.17) is 4.42 Å². The zero-order chi connectivity index (χ0) is 17.2. The highest BCUT2D eigenvalue weighted by molar-refractivity contribution is 7.99. The molecule has 0 fully saturated rings. The Hall–Kier alpha value is -3.06. The second-order valence-corrected chi connectivity index (χ2v) is 6.35. The van der Waals surface area contributed by atoms with Crippen molar-refractivity contribution in [1.82, 2.24) is 9.97 Å². The molecule has 0 saturated heterocycles. The highest BCUT2D eigenvalue weighted by Crippen LogP contribution is 2.30. The summed E-state index contributed by atoms with van der Waals surface area (Å²) >= 11 is 1.17. The van der Waals surface area contributed by atoms with Gasteiger partial charge in [0.1, 0.15) is 11.2 Å². The summed E-state index contributed by atoms with van der Waals surface area (Å²) in [4.78, 5) is 29.9. The molecule has 0 aliphatic heterocycles. The summed E-state index contributed by atoms with van der Waals surface area (Å²) in [6, 6.07) is 14.6. The molecule has 2 aromatic carbocycles. The lowest BCUT2D eigenvalue weighted by Crippen LogP contribution is -2.15. The first-order valence-electron chi connectivity index (χ1n) is 7.58. The molecule has 0 aliphatic rings. The number of carbonyl (C=O) groups excluding carboxylic acids is 1. The van der Waals surface area contributed by atoms with Gasteiger partial charge in [-0.25, -0.2) is 4.98 Å². The van der Waals surface area contributed by atoms with E-state index in [-0.39, 0.29) is 17.2 Å². The Bertz CT molecular complexity index is 1130. The molecule has 124 valence electrons. The van der Waals surface area contributed by atoms with Crippen LogP contribution in [-0.4, -0.2) is 21.6 Å². The molecule has 2 heterocycles. The standard InChI is InChI=1S/C18H13N3O3S/c22-16-7-8-19-18(21-16)25-10-17(23)20-11-5-6-15-13(9-11)12-3-1-2-4-14(12)24-15/h1-9H,10H2,(H,20,23)(H,19,21,22). The zero-order valence-corrected chi connectivity index (χ0v) is 13.8. The fourth-order valence-corrected chi connectivity index (χ4v) is 3.21. The Morgan fingerprint density at radius 3 is 2.84 bits per heavy atom. The van der Waals surface area contributed by atoms with Gasteiger partial charge in [0, 0.05) is 28.7 Å². The number of aromatic nitrogens is 2. The Morgan fingerprint density at radius 1 is 1.12 bits per heavy atom. The molecule has 2 aromatic heterocycles. The fourth-order valence-electron chi connectivity index (χ4n) is 2.56. The number of benzene rings is 2. The van der Waals surface area contributed by atoms with Gasteiger partial charge in [0.15, 0.2) is 5.16 Å². The van der Waals surface area contributed by atoms with Crippen LogP contribution in [0.1, 0.15) is 0 Å². The molecule has 0 saturated carbocycles. The molecule has 4 aromatic rings. The maximum atomic E-state index is 12.1. The number of furan rings is 1. The van der Waals surface area contributed by atoms with E-state index in [1.165, 1.54) is 24.0 Å². The van der Waals surface area contributed by atoms with Gasteiger partial charge in [0.2, 0.25) is 5.91 Å². The van der Waals surface area contributed by atoms with Crippen LogP contribution >= 0.6 is 11.8 Å². The van der Waals surface area contributed by atoms with Gasteiger partial charge in [-0.1, -0.05) is 30.0 Å². The van der Waals surface area contributed by atoms with Crippen LogP contribution in [0.2, 0.25) is 0 Å². The van der Waals surface area contributed by atoms with Crippen molar-refractivity contribution >= 4 is 45.3 Å². The first-order valence-corrected chi connectivity index (χ1v) is 8.57. The van der Waals surface area contributed by atoms with Crippen LogP contribution in [0.4, 0.5) is 5.69 Å². The lowest BCUT2D eigenvalue weighted by Gasteiger charge is -2.05. The minimum absolute atomic E-state index is 0.150. The maximum absolute atomic E-state index is 12.1. The van der Waals surface area contributed by atoms with E-state index in [2.05, 4.69) is 15.3 Å². The lowest BCUT2D eigenvalue weighted by molar-refractivity contribution is -0.113. The minimum Gasteiger partial charge on any atom is -0.456 e. The molecule has 0 unspecified atom stereocenters. The van der Waals surface area contributed by atoms with Crippen molar-refractivity contribution in [2.45, 2.75) is 5.16 Å². The molecule has 7 heteroatoms. The molecule has 0 spiro atoms. The van der Waals surface area contributed by atoms with Crippen molar-refractivity contribution in [3.63, 3.8) is 0 Å². The quantitative estimate of drug-likeness (QED) is 0.435. The van der Waals surface area contributed by atoms with Crippen LogP contribution in [0, 0.1) is 0 Å². The number of para-hydroxylation sites is 1. The van der Waals surface area contributed by atoms with Crippen LogP contribution in [0.3, 0.4) is 0 Å². The van der Waals surface area contributed by atoms with Crippen molar-refractivity contribution in [3.8, 4) is 0 Å². The van der Waals surface area contributed by atoms with E-state index in [9.17, 15) is 9.59 Å². The predicted octanol–water partition coefficient (Wildman–Crippen LogP) is 3.40. The molecule has 6 nitrogen and oxygen atoms in total. The number of hydrogen-bond acceptors (Lipinski definition) is 5. The van der Waals surface area contributed by atoms with Crippen molar-refractivity contribution in [1.29, 1.82) is 0 Å². The maximum Gasteiger partial charge on any atom is 0.251 e. The Morgan fingerprint density at radius 2 is 1.96 bits per heavy atom. The van der Waals surface area contributed by atoms with Gasteiger partial charge in [-0.05, 0) is 24.3 Å². The first kappa shape index (κ1) is 15.5. The number of carbonyl (C=O) groups is 1. The summed E-state index contributed by atoms with van der Waals surface area (Å²) < 4.78 is 5.77. The third-order valence-electron chi connectivity index (χ3n) is 3.65. The largest absolute Gasteiger partial charge is 0.456 e. The van der Waals surface area contributed by atoms with E-state index < -0.39 is 0 Å². The Kier molecular flexibility index (Phi) is 3.99. The molecule has 0 bridgehead atoms. The van der Waals surface area contributed by atoms with Gasteiger partial charge >= 0.3 is 0 Å². The highest BCUT2D eigenvalue weighted by Gasteiger charge is 2.09. The summed E-state index contributed by atoms with van der Waals surface area (Å²) in [6.07, 6.45) is 1.41. The van der Waals surface area contributed by atoms with Crippen LogP contribution < -0.4 is 10.9 Å². The molecular formula is C18H13N3O3S. The van der Waals surface area contributed by atoms with Gasteiger partial charge in [0.05, 0.1) is 5.75 Å². The van der Waals surface area contributed by atoms with Crippen molar-refractivity contribution in [3.05, 3.63) is 65.1 Å². The van der Waals surface area contributed by atoms with Gasteiger partial charge in [-0.3, -0.25) is 9.59 Å². The number of amides is 1. The van der Waals surface area contributed by atoms with Crippen molar-refractivity contribution < 1.29 is 9.21 Å². The third kappa shape index (κ3) is 3.27. The van der Waals surface area contributed by atoms with Gasteiger partial charge in [0.25, 0.3) is 5.56 Å². The second kappa shape index (κ2) is 6.45. The number of hydrogen-bond donors (Lipinski definition) is 2. The zero-order valence-electron chi connectivity index (χ0n) is 13.0. The molecule has 0 atom stereocenters. The average molecular weight is 351 g/mol. The average Bonchev–Trinajstić information content (AvgIpc) is 2.98. The summed E-state index contributed by atoms with van der Waals surface area (Å²) in [5, 5.41) is 5.23. The second-order valence-electron chi connectivity index (χ2n) is 5.39. The minimum atomic E-state index is -0.241. The number of nitrogens with one attached hydrogen (secondary N) is 2. The lowest BCUT2D eigenvalue weighted by atomic mass is 10.1. The summed E-state index contributed by atoms with van der Waals surface area (Å²) in [7, 11) is 0. The normalized spacial score (nSPS) is 11.0. The predicted molar refractivity (Wildman–Crippen MR) is 97.9 cm³/mol. The van der Waals surface area contributed by atoms with Crippen LogP contribution in [0.5, 0.6) is 0 Å². The van der Waals surface area contributed by atoms with Gasteiger partial charge in [-0.15, -0.1) is 0 Å². The smallest absolute Gasteiger partial charge is 0.251 e. The van der Waals surface area contributed by atoms with Crippen molar-refractivity contribution in [2.75, 3.05) is 11.1 Å². The third-order valence-corrected chi connectivity index (χ3v) is 4.54. The molecule has 1 amide bonds. The van der Waals surface area contributed by atoms with E-state index in [1.807, 2.05) is 36.4 Å². The molecule has 0 radical (unpaired) electrons. The highest BCUT2D eigenvalue weighted by atomic mass is 32.2. The van der Waals surface area contributed by atoms with Crippen LogP contribution in [0.15, 0.2) is 69.1 Å². The van der Waals surface area contributed by atoms with E-state index in [0.717, 1.165) is 21.9 Å². The van der Waals surface area contributed by atoms with E-state index in [0.29, 0.717) is 10.8 Å². The van der Waals surface area contributed by atoms with Gasteiger partial charge in [-0.2, -0.15) is 0 Å². The topological polar surface area (TPSA) is 88.0 Å². The fraction of sp³-hybridized carbons (Fsp3) is 0.0556. The van der Waals surface area contributed by atoms with Crippen molar-refractivity contribution in [2.24, 2.45) is 0 Å². The molecule has 0 aliphatic carbocycles. The number of aromatic amines is 1. The number of rotatable bonds is 4. The van der Waals surface area contributed by atoms with E-state index in [1.54, 1.807) is 6.07 Å². The number of thioether (sulfide) groups is 1. The number of H-pyrrole nitrogens is 1. The van der Waals surface area contributed by atoms with Crippen LogP contribution in [-0.2, 0) is 4.79 Å². The molecular weight excluding hydrogens is 338 g/mol. The summed E-state index contributed by atoms with van der Waals surface area (Å²) in [5.74, 6) is -0.0272. The van der Waals surface area contributed by atoms with Crippen LogP contribution in [0.25, 0.3) is 21.9 Å². The Labute approximate surface area is 146 Å². The monoisotopic (exact) mass is 351 g/mol. The molecule has 2 N–H and O–H groups in total. The number of nitrogens with zero attached hydrogens (tertiary/aromatic N) is 1. The van der Waals surface area contributed by atoms with Gasteiger partial charge < -0.3 is 14.7 Å². The first-order chi connectivity index (χ1) is 12.2. The molecule has 4 rings (SSSR count).